The van der Waals surface area contributed by atoms with E-state index in [1.54, 1.807) is 31.4 Å². The molecule has 0 radical (unpaired) electrons. The van der Waals surface area contributed by atoms with E-state index in [0.717, 1.165) is 49.7 Å². The van der Waals surface area contributed by atoms with Crippen LogP contribution in [0.2, 0.25) is 0 Å². The molecule has 1 unspecified atom stereocenters. The van der Waals surface area contributed by atoms with E-state index in [4.69, 9.17) is 4.74 Å². The van der Waals surface area contributed by atoms with Crippen molar-refractivity contribution < 1.29 is 25.2 Å². The summed E-state index contributed by atoms with van der Waals surface area (Å²) in [6.07, 6.45) is 8.36. The molecule has 2 saturated carbocycles. The van der Waals surface area contributed by atoms with Crippen molar-refractivity contribution in [3.8, 4) is 23.0 Å². The Morgan fingerprint density at radius 3 is 1.90 bits per heavy atom. The summed E-state index contributed by atoms with van der Waals surface area (Å²) < 4.78 is 5.32. The maximum Gasteiger partial charge on any atom is 0.160 e. The molecule has 224 valence electrons. The summed E-state index contributed by atoms with van der Waals surface area (Å²) in [6, 6.07) is 18.6. The van der Waals surface area contributed by atoms with Crippen LogP contribution in [-0.2, 0) is 6.42 Å². The first-order valence-electron chi connectivity index (χ1n) is 15.6. The van der Waals surface area contributed by atoms with Crippen LogP contribution < -0.4 is 4.74 Å². The van der Waals surface area contributed by atoms with Crippen LogP contribution in [0, 0.1) is 17.3 Å². The number of hydrogen-bond donors (Lipinski definition) is 4. The molecule has 3 aromatic carbocycles. The van der Waals surface area contributed by atoms with E-state index in [-0.39, 0.29) is 28.8 Å². The summed E-state index contributed by atoms with van der Waals surface area (Å²) in [5, 5.41) is 39.3. The van der Waals surface area contributed by atoms with Crippen LogP contribution in [0.25, 0.3) is 11.1 Å². The molecule has 0 aliphatic heterocycles. The summed E-state index contributed by atoms with van der Waals surface area (Å²) >= 11 is 0. The smallest absolute Gasteiger partial charge is 0.160 e. The van der Waals surface area contributed by atoms with Gasteiger partial charge in [0.05, 0.1) is 13.2 Å². The van der Waals surface area contributed by atoms with Crippen LogP contribution in [0.3, 0.4) is 0 Å². The predicted octanol–water partition coefficient (Wildman–Crippen LogP) is 8.45. The number of hydrogen-bond acceptors (Lipinski definition) is 5. The number of phenolic OH excluding ortho intramolecular Hbond substituents is 3. The van der Waals surface area contributed by atoms with Gasteiger partial charge < -0.3 is 25.2 Å². The van der Waals surface area contributed by atoms with E-state index >= 15 is 0 Å². The van der Waals surface area contributed by atoms with Crippen molar-refractivity contribution in [2.75, 3.05) is 7.11 Å². The highest BCUT2D eigenvalue weighted by molar-refractivity contribution is 5.90. The van der Waals surface area contributed by atoms with Gasteiger partial charge in [-0.05, 0) is 144 Å². The molecule has 0 heterocycles. The first-order chi connectivity index (χ1) is 20.2. The average molecular weight is 571 g/mol. The molecule has 0 aromatic heterocycles. The Labute approximate surface area is 250 Å². The molecule has 6 rings (SSSR count). The second-order valence-corrected chi connectivity index (χ2v) is 12.5. The van der Waals surface area contributed by atoms with Crippen molar-refractivity contribution in [1.29, 1.82) is 0 Å². The van der Waals surface area contributed by atoms with Crippen LogP contribution in [-0.4, -0.2) is 33.6 Å². The van der Waals surface area contributed by atoms with Crippen LogP contribution in [0.4, 0.5) is 0 Å². The van der Waals surface area contributed by atoms with Gasteiger partial charge in [0.1, 0.15) is 11.5 Å². The van der Waals surface area contributed by atoms with E-state index in [1.165, 1.54) is 35.1 Å². The first-order valence-corrected chi connectivity index (χ1v) is 15.6. The van der Waals surface area contributed by atoms with Gasteiger partial charge in [0.2, 0.25) is 0 Å². The second-order valence-electron chi connectivity index (χ2n) is 12.5. The lowest BCUT2D eigenvalue weighted by Gasteiger charge is -2.50. The van der Waals surface area contributed by atoms with E-state index in [1.807, 2.05) is 30.3 Å². The molecule has 5 nitrogen and oxygen atoms in total. The van der Waals surface area contributed by atoms with Crippen molar-refractivity contribution >= 4 is 11.1 Å². The zero-order chi connectivity index (χ0) is 30.0. The maximum absolute atomic E-state index is 10.4. The Bertz CT molecular complexity index is 1350. The van der Waals surface area contributed by atoms with E-state index in [0.29, 0.717) is 23.5 Å². The van der Waals surface area contributed by atoms with Gasteiger partial charge >= 0.3 is 0 Å². The van der Waals surface area contributed by atoms with Crippen LogP contribution in [0.5, 0.6) is 23.0 Å². The van der Waals surface area contributed by atoms with Crippen LogP contribution in [0.1, 0.15) is 93.9 Å². The third-order valence-corrected chi connectivity index (χ3v) is 10.5. The Kier molecular flexibility index (Phi) is 8.89. The van der Waals surface area contributed by atoms with Crippen LogP contribution >= 0.6 is 0 Å². The van der Waals surface area contributed by atoms with E-state index < -0.39 is 0 Å². The number of aryl methyl sites for hydroxylation is 1. The van der Waals surface area contributed by atoms with Gasteiger partial charge in [0.15, 0.2) is 11.5 Å². The van der Waals surface area contributed by atoms with E-state index in [2.05, 4.69) is 26.8 Å². The highest BCUT2D eigenvalue weighted by atomic mass is 16.5. The zero-order valence-electron chi connectivity index (χ0n) is 25.4. The Hall–Kier alpha value is -3.44. The number of allylic oxidation sites excluding steroid dienone is 2. The maximum atomic E-state index is 10.4. The molecular formula is C37H46O5. The fourth-order valence-electron chi connectivity index (χ4n) is 8.23. The molecule has 3 aliphatic carbocycles. The van der Waals surface area contributed by atoms with Gasteiger partial charge in [-0.2, -0.15) is 0 Å². The lowest BCUT2D eigenvalue weighted by molar-refractivity contribution is -0.0226. The van der Waals surface area contributed by atoms with Gasteiger partial charge in [-0.25, -0.2) is 0 Å². The Balaban J connectivity index is 0.000000169. The Morgan fingerprint density at radius 1 is 0.810 bits per heavy atom. The molecule has 42 heavy (non-hydrogen) atoms. The number of methoxy groups -OCH3 is 1. The van der Waals surface area contributed by atoms with Crippen molar-refractivity contribution in [3.63, 3.8) is 0 Å². The highest BCUT2D eigenvalue weighted by Gasteiger charge is 2.54. The quantitative estimate of drug-likeness (QED) is 0.231. The van der Waals surface area contributed by atoms with Crippen LogP contribution in [0.15, 0.2) is 60.7 Å². The number of benzene rings is 3. The van der Waals surface area contributed by atoms with Crippen molar-refractivity contribution in [1.82, 2.24) is 0 Å². The summed E-state index contributed by atoms with van der Waals surface area (Å²) in [5.74, 6) is 3.32. The number of aliphatic hydroxyl groups is 1. The first kappa shape index (κ1) is 30.0. The molecule has 3 aliphatic rings. The minimum atomic E-state index is -0.116. The molecular weight excluding hydrogens is 524 g/mol. The molecule has 0 saturated heterocycles. The van der Waals surface area contributed by atoms with Crippen molar-refractivity contribution in [3.05, 3.63) is 82.9 Å². The zero-order valence-corrected chi connectivity index (χ0v) is 25.4. The van der Waals surface area contributed by atoms with E-state index in [9.17, 15) is 20.4 Å². The minimum Gasteiger partial charge on any atom is -0.508 e. The number of ether oxygens (including phenoxy) is 1. The van der Waals surface area contributed by atoms with Gasteiger partial charge in [-0.3, -0.25) is 0 Å². The fourth-order valence-corrected chi connectivity index (χ4v) is 8.23. The number of rotatable bonds is 5. The molecule has 2 fully saturated rings. The molecule has 4 N–H and O–H groups in total. The highest BCUT2D eigenvalue weighted by Crippen LogP contribution is 2.61. The normalized spacial score (nSPS) is 26.6. The number of aromatic hydroxyl groups is 3. The molecule has 0 amide bonds. The van der Waals surface area contributed by atoms with Gasteiger partial charge in [0, 0.05) is 0 Å². The summed E-state index contributed by atoms with van der Waals surface area (Å²) in [7, 11) is 1.62. The Morgan fingerprint density at radius 2 is 1.38 bits per heavy atom. The van der Waals surface area contributed by atoms with Gasteiger partial charge in [-0.15, -0.1) is 0 Å². The lowest BCUT2D eigenvalue weighted by Crippen LogP contribution is -2.43. The SMILES string of the molecule is CC/C(=C(/CC)c1ccc(O)cc1)c1ccc(O)cc1.COc1cc2c(cc1O)CC[C@@H]1[C@@H]2CC[C@]2(C)C(O)CC[C@@H]12. The summed E-state index contributed by atoms with van der Waals surface area (Å²) in [4.78, 5) is 0. The largest absolute Gasteiger partial charge is 0.508 e. The molecule has 0 bridgehead atoms. The minimum absolute atomic E-state index is 0.116. The average Bonchev–Trinajstić information content (AvgIpc) is 3.31. The summed E-state index contributed by atoms with van der Waals surface area (Å²) in [6.45, 7) is 6.58. The lowest BCUT2D eigenvalue weighted by atomic mass is 9.55. The number of phenols is 3. The predicted molar refractivity (Wildman–Crippen MR) is 169 cm³/mol. The second kappa shape index (κ2) is 12.4. The number of aliphatic hydroxyl groups excluding tert-OH is 1. The molecule has 0 spiro atoms. The number of fused-ring (bicyclic) bond motifs is 5. The molecule has 5 atom stereocenters. The van der Waals surface area contributed by atoms with Gasteiger partial charge in [-0.1, -0.05) is 45.0 Å². The van der Waals surface area contributed by atoms with Gasteiger partial charge in [0.25, 0.3) is 0 Å². The molecule has 5 heteroatoms. The van der Waals surface area contributed by atoms with Crippen molar-refractivity contribution in [2.45, 2.75) is 84.2 Å². The monoisotopic (exact) mass is 570 g/mol. The fraction of sp³-hybridized carbons (Fsp3) is 0.459. The molecule has 3 aromatic rings. The van der Waals surface area contributed by atoms with Crippen molar-refractivity contribution in [2.24, 2.45) is 17.3 Å². The third kappa shape index (κ3) is 5.64. The standard InChI is InChI=1S/C19H26O3.C18H20O2/c1-19-8-7-12-13(15(19)5-6-18(19)21)4-3-11-9-16(20)17(22-2)10-14(11)12;1-3-17(13-5-9-15(19)10-6-13)18(4-2)14-7-11-16(20)12-8-14/h9-10,12-13,15,18,20-21H,3-8H2,1-2H3;5-12,19-20H,3-4H2,1-2H3/b;18-17+/t12-,13+,15-,18?,19-;/m0./s1. The summed E-state index contributed by atoms with van der Waals surface area (Å²) in [5.41, 5.74) is 7.62. The third-order valence-electron chi connectivity index (χ3n) is 10.5. The topological polar surface area (TPSA) is 90.2 Å².